The molecule has 0 spiro atoms. The van der Waals surface area contributed by atoms with Crippen LogP contribution in [0.15, 0.2) is 21.7 Å². The van der Waals surface area contributed by atoms with Crippen LogP contribution in [0, 0.1) is 6.92 Å². The van der Waals surface area contributed by atoms with E-state index in [1.807, 2.05) is 0 Å². The summed E-state index contributed by atoms with van der Waals surface area (Å²) in [5.74, 6) is 0.915. The third-order valence-electron chi connectivity index (χ3n) is 3.84. The molecule has 1 saturated heterocycles. The SMILES string of the molecule is Cc1cc(=O)n(CC(=O)NCc2nc(C3CCOCC3)no2)cn1. The van der Waals surface area contributed by atoms with Gasteiger partial charge in [0.05, 0.1) is 12.9 Å². The first-order valence-electron chi connectivity index (χ1n) is 7.82. The number of aryl methyl sites for hydroxylation is 1. The normalized spacial score (nSPS) is 15.4. The highest BCUT2D eigenvalue weighted by atomic mass is 16.5. The lowest BCUT2D eigenvalue weighted by Gasteiger charge is -2.18. The third kappa shape index (κ3) is 4.05. The second kappa shape index (κ2) is 7.35. The van der Waals surface area contributed by atoms with Gasteiger partial charge in [-0.05, 0) is 19.8 Å². The number of hydrogen-bond donors (Lipinski definition) is 1. The summed E-state index contributed by atoms with van der Waals surface area (Å²) >= 11 is 0. The second-order valence-corrected chi connectivity index (χ2v) is 5.71. The van der Waals surface area contributed by atoms with Crippen LogP contribution in [0.5, 0.6) is 0 Å². The van der Waals surface area contributed by atoms with Gasteiger partial charge in [-0.1, -0.05) is 5.16 Å². The van der Waals surface area contributed by atoms with E-state index in [-0.39, 0.29) is 30.5 Å². The van der Waals surface area contributed by atoms with Crippen molar-refractivity contribution in [3.8, 4) is 0 Å². The van der Waals surface area contributed by atoms with E-state index < -0.39 is 0 Å². The molecule has 0 bridgehead atoms. The molecule has 0 aromatic carbocycles. The highest BCUT2D eigenvalue weighted by molar-refractivity contribution is 5.75. The van der Waals surface area contributed by atoms with E-state index in [1.54, 1.807) is 6.92 Å². The Kier molecular flexibility index (Phi) is 4.99. The van der Waals surface area contributed by atoms with Gasteiger partial charge in [0.1, 0.15) is 6.54 Å². The Hall–Kier alpha value is -2.55. The monoisotopic (exact) mass is 333 g/mol. The van der Waals surface area contributed by atoms with E-state index >= 15 is 0 Å². The maximum atomic E-state index is 11.9. The largest absolute Gasteiger partial charge is 0.381 e. The Morgan fingerprint density at radius 3 is 2.96 bits per heavy atom. The van der Waals surface area contributed by atoms with Crippen LogP contribution in [0.4, 0.5) is 0 Å². The molecule has 0 saturated carbocycles. The molecule has 0 radical (unpaired) electrons. The average molecular weight is 333 g/mol. The predicted octanol–water partition coefficient (Wildman–Crippen LogP) is 0.145. The lowest BCUT2D eigenvalue weighted by molar-refractivity contribution is -0.122. The van der Waals surface area contributed by atoms with Crippen LogP contribution >= 0.6 is 0 Å². The molecule has 0 unspecified atom stereocenters. The summed E-state index contributed by atoms with van der Waals surface area (Å²) in [4.78, 5) is 32.0. The number of hydrogen-bond acceptors (Lipinski definition) is 7. The molecule has 0 atom stereocenters. The molecule has 2 aromatic rings. The van der Waals surface area contributed by atoms with Gasteiger partial charge in [-0.15, -0.1) is 0 Å². The summed E-state index contributed by atoms with van der Waals surface area (Å²) in [6.45, 7) is 3.14. The molecule has 128 valence electrons. The van der Waals surface area contributed by atoms with Crippen molar-refractivity contribution in [2.75, 3.05) is 13.2 Å². The highest BCUT2D eigenvalue weighted by Gasteiger charge is 2.21. The number of aromatic nitrogens is 4. The fourth-order valence-electron chi connectivity index (χ4n) is 2.48. The fourth-order valence-corrected chi connectivity index (χ4v) is 2.48. The first-order chi connectivity index (χ1) is 11.6. The summed E-state index contributed by atoms with van der Waals surface area (Å²) in [5.41, 5.74) is 0.348. The Labute approximate surface area is 138 Å². The Morgan fingerprint density at radius 2 is 2.21 bits per heavy atom. The maximum absolute atomic E-state index is 11.9. The number of carbonyl (C=O) groups excluding carboxylic acids is 1. The summed E-state index contributed by atoms with van der Waals surface area (Å²) in [6, 6.07) is 1.38. The Morgan fingerprint density at radius 1 is 1.42 bits per heavy atom. The van der Waals surface area contributed by atoms with E-state index in [2.05, 4.69) is 20.4 Å². The van der Waals surface area contributed by atoms with Crippen LogP contribution < -0.4 is 10.9 Å². The van der Waals surface area contributed by atoms with Gasteiger partial charge in [-0.25, -0.2) is 4.98 Å². The number of rotatable bonds is 5. The quantitative estimate of drug-likeness (QED) is 0.828. The van der Waals surface area contributed by atoms with Gasteiger partial charge >= 0.3 is 0 Å². The fraction of sp³-hybridized carbons (Fsp3) is 0.533. The molecule has 0 aliphatic carbocycles. The van der Waals surface area contributed by atoms with Crippen LogP contribution in [0.25, 0.3) is 0 Å². The van der Waals surface area contributed by atoms with Gasteiger partial charge in [0.25, 0.3) is 5.56 Å². The second-order valence-electron chi connectivity index (χ2n) is 5.71. The minimum Gasteiger partial charge on any atom is -0.381 e. The molecule has 1 aliphatic rings. The molecule has 1 N–H and O–H groups in total. The number of carbonyl (C=O) groups is 1. The average Bonchev–Trinajstić information content (AvgIpc) is 3.05. The minimum absolute atomic E-state index is 0.104. The molecule has 3 rings (SSSR count). The molecule has 9 nitrogen and oxygen atoms in total. The zero-order valence-electron chi connectivity index (χ0n) is 13.4. The molecule has 9 heteroatoms. The number of amides is 1. The molecule has 3 heterocycles. The van der Waals surface area contributed by atoms with Crippen molar-refractivity contribution in [2.24, 2.45) is 0 Å². The Balaban J connectivity index is 1.52. The van der Waals surface area contributed by atoms with Gasteiger partial charge in [0, 0.05) is 30.9 Å². The first-order valence-corrected chi connectivity index (χ1v) is 7.82. The van der Waals surface area contributed by atoms with Gasteiger partial charge in [-0.3, -0.25) is 14.2 Å². The van der Waals surface area contributed by atoms with E-state index in [0.717, 1.165) is 12.8 Å². The van der Waals surface area contributed by atoms with E-state index in [1.165, 1.54) is 17.0 Å². The maximum Gasteiger partial charge on any atom is 0.253 e. The Bertz CT molecular complexity index is 763. The van der Waals surface area contributed by atoms with Gasteiger partial charge in [0.2, 0.25) is 11.8 Å². The molecular weight excluding hydrogens is 314 g/mol. The van der Waals surface area contributed by atoms with Crippen molar-refractivity contribution in [1.29, 1.82) is 0 Å². The molecular formula is C15H19N5O4. The van der Waals surface area contributed by atoms with Crippen LogP contribution in [-0.4, -0.2) is 38.8 Å². The summed E-state index contributed by atoms with van der Waals surface area (Å²) < 4.78 is 11.7. The number of ether oxygens (including phenoxy) is 1. The lowest BCUT2D eigenvalue weighted by Crippen LogP contribution is -2.32. The van der Waals surface area contributed by atoms with Crippen LogP contribution in [-0.2, 0) is 22.6 Å². The highest BCUT2D eigenvalue weighted by Crippen LogP contribution is 2.24. The summed E-state index contributed by atoms with van der Waals surface area (Å²) in [5, 5.41) is 6.63. The lowest BCUT2D eigenvalue weighted by atomic mass is 10.00. The van der Waals surface area contributed by atoms with Crippen molar-refractivity contribution < 1.29 is 14.1 Å². The molecule has 1 amide bonds. The zero-order chi connectivity index (χ0) is 16.9. The molecule has 1 fully saturated rings. The van der Waals surface area contributed by atoms with Gasteiger partial charge < -0.3 is 14.6 Å². The topological polar surface area (TPSA) is 112 Å². The number of nitrogens with one attached hydrogen (secondary N) is 1. The minimum atomic E-state index is -0.325. The van der Waals surface area contributed by atoms with E-state index in [4.69, 9.17) is 9.26 Å². The van der Waals surface area contributed by atoms with Crippen molar-refractivity contribution in [3.63, 3.8) is 0 Å². The van der Waals surface area contributed by atoms with Crippen LogP contribution in [0.1, 0.15) is 36.2 Å². The summed E-state index contributed by atoms with van der Waals surface area (Å²) in [7, 11) is 0. The zero-order valence-corrected chi connectivity index (χ0v) is 13.4. The van der Waals surface area contributed by atoms with Crippen molar-refractivity contribution in [3.05, 3.63) is 40.2 Å². The van der Waals surface area contributed by atoms with Crippen LogP contribution in [0.3, 0.4) is 0 Å². The van der Waals surface area contributed by atoms with Crippen LogP contribution in [0.2, 0.25) is 0 Å². The van der Waals surface area contributed by atoms with E-state index in [0.29, 0.717) is 30.6 Å². The first kappa shape index (κ1) is 16.3. The third-order valence-corrected chi connectivity index (χ3v) is 3.84. The number of nitrogens with zero attached hydrogens (tertiary/aromatic N) is 4. The summed E-state index contributed by atoms with van der Waals surface area (Å²) in [6.07, 6.45) is 3.09. The molecule has 24 heavy (non-hydrogen) atoms. The standard InChI is InChI=1S/C15H19N5O4/c1-10-6-14(22)20(9-17-10)8-12(21)16-7-13-18-15(19-24-13)11-2-4-23-5-3-11/h6,9,11H,2-5,7-8H2,1H3,(H,16,21). The van der Waals surface area contributed by atoms with Gasteiger partial charge in [0.15, 0.2) is 5.82 Å². The predicted molar refractivity (Wildman–Crippen MR) is 82.2 cm³/mol. The smallest absolute Gasteiger partial charge is 0.253 e. The van der Waals surface area contributed by atoms with Crippen molar-refractivity contribution in [2.45, 2.75) is 38.8 Å². The van der Waals surface area contributed by atoms with Crippen molar-refractivity contribution in [1.82, 2.24) is 25.0 Å². The molecule has 1 aliphatic heterocycles. The molecule has 2 aromatic heterocycles. The van der Waals surface area contributed by atoms with Crippen molar-refractivity contribution >= 4 is 5.91 Å². The van der Waals surface area contributed by atoms with Gasteiger partial charge in [-0.2, -0.15) is 4.98 Å². The van der Waals surface area contributed by atoms with E-state index in [9.17, 15) is 9.59 Å².